The van der Waals surface area contributed by atoms with Crippen molar-refractivity contribution in [2.75, 3.05) is 25.1 Å². The van der Waals surface area contributed by atoms with Crippen molar-refractivity contribution in [1.29, 1.82) is 0 Å². The quantitative estimate of drug-likeness (QED) is 0.716. The molecule has 0 atom stereocenters. The van der Waals surface area contributed by atoms with E-state index < -0.39 is 0 Å². The molecule has 0 bridgehead atoms. The Morgan fingerprint density at radius 2 is 1.92 bits per heavy atom. The molecule has 24 heavy (non-hydrogen) atoms. The molecule has 128 valence electrons. The van der Waals surface area contributed by atoms with Crippen molar-refractivity contribution in [3.8, 4) is 5.75 Å². The lowest BCUT2D eigenvalue weighted by molar-refractivity contribution is 0.102. The summed E-state index contributed by atoms with van der Waals surface area (Å²) in [4.78, 5) is 12.4. The average Bonchev–Trinajstić information content (AvgIpc) is 2.60. The van der Waals surface area contributed by atoms with E-state index >= 15 is 0 Å². The van der Waals surface area contributed by atoms with Crippen molar-refractivity contribution in [3.05, 3.63) is 58.6 Å². The van der Waals surface area contributed by atoms with Crippen molar-refractivity contribution in [3.63, 3.8) is 0 Å². The van der Waals surface area contributed by atoms with Gasteiger partial charge in [0.05, 0.1) is 12.3 Å². The SMILES string of the molecule is CCOCCOc1ccc(Cl)cc1NC(=O)c1ccc(CN)cc1. The lowest BCUT2D eigenvalue weighted by Crippen LogP contribution is -2.14. The van der Waals surface area contributed by atoms with Crippen molar-refractivity contribution >= 4 is 23.2 Å². The first-order chi connectivity index (χ1) is 11.6. The predicted octanol–water partition coefficient (Wildman–Crippen LogP) is 3.47. The first-order valence-electron chi connectivity index (χ1n) is 7.74. The number of carbonyl (C=O) groups is 1. The Morgan fingerprint density at radius 3 is 2.58 bits per heavy atom. The van der Waals surface area contributed by atoms with Gasteiger partial charge in [0.15, 0.2) is 0 Å². The van der Waals surface area contributed by atoms with Gasteiger partial charge in [0.1, 0.15) is 12.4 Å². The van der Waals surface area contributed by atoms with E-state index in [4.69, 9.17) is 26.8 Å². The third-order valence-corrected chi connectivity index (χ3v) is 3.57. The van der Waals surface area contributed by atoms with Crippen molar-refractivity contribution in [2.24, 2.45) is 5.73 Å². The van der Waals surface area contributed by atoms with Crippen LogP contribution in [0.2, 0.25) is 5.02 Å². The van der Waals surface area contributed by atoms with Crippen LogP contribution in [0.25, 0.3) is 0 Å². The van der Waals surface area contributed by atoms with Gasteiger partial charge in [-0.2, -0.15) is 0 Å². The Bertz CT molecular complexity index is 674. The number of carbonyl (C=O) groups excluding carboxylic acids is 1. The second-order valence-corrected chi connectivity index (χ2v) is 5.48. The highest BCUT2D eigenvalue weighted by Crippen LogP contribution is 2.28. The summed E-state index contributed by atoms with van der Waals surface area (Å²) in [5, 5.41) is 3.34. The van der Waals surface area contributed by atoms with Crippen LogP contribution in [0.15, 0.2) is 42.5 Å². The maximum absolute atomic E-state index is 12.4. The summed E-state index contributed by atoms with van der Waals surface area (Å²) in [6.45, 7) is 3.86. The molecule has 0 aliphatic carbocycles. The van der Waals surface area contributed by atoms with Crippen LogP contribution in [-0.4, -0.2) is 25.7 Å². The van der Waals surface area contributed by atoms with Gasteiger partial charge in [0.2, 0.25) is 0 Å². The average molecular weight is 349 g/mol. The number of ether oxygens (including phenoxy) is 2. The fourth-order valence-corrected chi connectivity index (χ4v) is 2.24. The smallest absolute Gasteiger partial charge is 0.255 e. The number of nitrogens with one attached hydrogen (secondary N) is 1. The van der Waals surface area contributed by atoms with Crippen LogP contribution in [0.1, 0.15) is 22.8 Å². The van der Waals surface area contributed by atoms with Crippen molar-refractivity contribution in [1.82, 2.24) is 0 Å². The van der Waals surface area contributed by atoms with Crippen LogP contribution in [-0.2, 0) is 11.3 Å². The third kappa shape index (κ3) is 5.23. The Hall–Kier alpha value is -2.08. The van der Waals surface area contributed by atoms with Crippen LogP contribution in [0.4, 0.5) is 5.69 Å². The summed E-state index contributed by atoms with van der Waals surface area (Å²) in [7, 11) is 0. The molecule has 0 unspecified atom stereocenters. The molecule has 0 spiro atoms. The number of nitrogens with two attached hydrogens (primary N) is 1. The topological polar surface area (TPSA) is 73.6 Å². The molecule has 2 rings (SSSR count). The standard InChI is InChI=1S/C18H21ClN2O3/c1-2-23-9-10-24-17-8-7-15(19)11-16(17)21-18(22)14-5-3-13(12-20)4-6-14/h3-8,11H,2,9-10,12,20H2,1H3,(H,21,22). The van der Waals surface area contributed by atoms with Gasteiger partial charge in [-0.05, 0) is 42.8 Å². The molecule has 0 aliphatic rings. The molecule has 0 saturated carbocycles. The number of anilines is 1. The Labute approximate surface area is 146 Å². The lowest BCUT2D eigenvalue weighted by atomic mass is 10.1. The largest absolute Gasteiger partial charge is 0.489 e. The minimum Gasteiger partial charge on any atom is -0.489 e. The molecule has 2 aromatic carbocycles. The van der Waals surface area contributed by atoms with Gasteiger partial charge in [-0.1, -0.05) is 23.7 Å². The number of rotatable bonds is 8. The number of hydrogen-bond acceptors (Lipinski definition) is 4. The Balaban J connectivity index is 2.08. The van der Waals surface area contributed by atoms with Crippen LogP contribution in [0.3, 0.4) is 0 Å². The molecular weight excluding hydrogens is 328 g/mol. The molecular formula is C18H21ClN2O3. The number of hydrogen-bond donors (Lipinski definition) is 2. The first kappa shape index (κ1) is 18.3. The summed E-state index contributed by atoms with van der Waals surface area (Å²) < 4.78 is 10.9. The molecule has 0 heterocycles. The van der Waals surface area contributed by atoms with E-state index in [1.165, 1.54) is 0 Å². The second kappa shape index (κ2) is 9.27. The summed E-state index contributed by atoms with van der Waals surface area (Å²) in [6.07, 6.45) is 0. The summed E-state index contributed by atoms with van der Waals surface area (Å²) in [5.41, 5.74) is 7.58. The zero-order valence-corrected chi connectivity index (χ0v) is 14.3. The van der Waals surface area contributed by atoms with Gasteiger partial charge < -0.3 is 20.5 Å². The highest BCUT2D eigenvalue weighted by atomic mass is 35.5. The van der Waals surface area contributed by atoms with Crippen LogP contribution >= 0.6 is 11.6 Å². The molecule has 6 heteroatoms. The fraction of sp³-hybridized carbons (Fsp3) is 0.278. The van der Waals surface area contributed by atoms with Crippen molar-refractivity contribution < 1.29 is 14.3 Å². The summed E-state index contributed by atoms with van der Waals surface area (Å²) in [6, 6.07) is 12.2. The van der Waals surface area contributed by atoms with Gasteiger partial charge in [-0.15, -0.1) is 0 Å². The molecule has 0 aliphatic heterocycles. The normalized spacial score (nSPS) is 10.5. The highest BCUT2D eigenvalue weighted by molar-refractivity contribution is 6.31. The second-order valence-electron chi connectivity index (χ2n) is 5.04. The van der Waals surface area contributed by atoms with Gasteiger partial charge in [0.25, 0.3) is 5.91 Å². The van der Waals surface area contributed by atoms with E-state index in [9.17, 15) is 4.79 Å². The van der Waals surface area contributed by atoms with Gasteiger partial charge in [-0.3, -0.25) is 4.79 Å². The zero-order chi connectivity index (χ0) is 17.4. The highest BCUT2D eigenvalue weighted by Gasteiger charge is 2.11. The van der Waals surface area contributed by atoms with Gasteiger partial charge in [0, 0.05) is 23.7 Å². The molecule has 3 N–H and O–H groups in total. The minimum absolute atomic E-state index is 0.240. The molecule has 0 radical (unpaired) electrons. The molecule has 1 amide bonds. The van der Waals surface area contributed by atoms with Crippen molar-refractivity contribution in [2.45, 2.75) is 13.5 Å². The molecule has 5 nitrogen and oxygen atoms in total. The maximum Gasteiger partial charge on any atom is 0.255 e. The number of amides is 1. The first-order valence-corrected chi connectivity index (χ1v) is 8.12. The minimum atomic E-state index is -0.240. The lowest BCUT2D eigenvalue weighted by Gasteiger charge is -2.13. The van der Waals surface area contributed by atoms with E-state index in [1.807, 2.05) is 19.1 Å². The van der Waals surface area contributed by atoms with E-state index in [0.29, 0.717) is 48.4 Å². The van der Waals surface area contributed by atoms with E-state index in [2.05, 4.69) is 5.32 Å². The van der Waals surface area contributed by atoms with Crippen LogP contribution in [0.5, 0.6) is 5.75 Å². The summed E-state index contributed by atoms with van der Waals surface area (Å²) in [5.74, 6) is 0.307. The van der Waals surface area contributed by atoms with E-state index in [1.54, 1.807) is 30.3 Å². The Morgan fingerprint density at radius 1 is 1.17 bits per heavy atom. The van der Waals surface area contributed by atoms with Crippen LogP contribution in [0, 0.1) is 0 Å². The molecule has 0 fully saturated rings. The van der Waals surface area contributed by atoms with Crippen LogP contribution < -0.4 is 15.8 Å². The zero-order valence-electron chi connectivity index (χ0n) is 13.5. The third-order valence-electron chi connectivity index (χ3n) is 3.33. The fourth-order valence-electron chi connectivity index (χ4n) is 2.07. The Kier molecular flexibility index (Phi) is 7.06. The molecule has 0 aromatic heterocycles. The number of halogens is 1. The molecule has 2 aromatic rings. The predicted molar refractivity (Wildman–Crippen MR) is 95.7 cm³/mol. The monoisotopic (exact) mass is 348 g/mol. The number of benzene rings is 2. The maximum atomic E-state index is 12.4. The van der Waals surface area contributed by atoms with E-state index in [-0.39, 0.29) is 5.91 Å². The summed E-state index contributed by atoms with van der Waals surface area (Å²) >= 11 is 6.02. The van der Waals surface area contributed by atoms with Gasteiger partial charge >= 0.3 is 0 Å². The van der Waals surface area contributed by atoms with E-state index in [0.717, 1.165) is 5.56 Å². The molecule has 0 saturated heterocycles. The van der Waals surface area contributed by atoms with Gasteiger partial charge in [-0.25, -0.2) is 0 Å².